The third kappa shape index (κ3) is 3.61. The van der Waals surface area contributed by atoms with E-state index >= 15 is 0 Å². The third-order valence-corrected chi connectivity index (χ3v) is 3.70. The van der Waals surface area contributed by atoms with E-state index in [1.165, 1.54) is 11.6 Å². The highest BCUT2D eigenvalue weighted by molar-refractivity contribution is 9.10. The van der Waals surface area contributed by atoms with Gasteiger partial charge in [0.15, 0.2) is 0 Å². The molecule has 0 saturated carbocycles. The number of nitrogens with one attached hydrogen (secondary N) is 1. The van der Waals surface area contributed by atoms with Gasteiger partial charge in [-0.05, 0) is 71.7 Å². The van der Waals surface area contributed by atoms with Crippen LogP contribution in [0.2, 0.25) is 0 Å². The highest BCUT2D eigenvalue weighted by Gasteiger charge is 2.11. The molecule has 1 aromatic carbocycles. The summed E-state index contributed by atoms with van der Waals surface area (Å²) in [6, 6.07) is 9.40. The average Bonchev–Trinajstić information content (AvgIpc) is 2.40. The van der Waals surface area contributed by atoms with Gasteiger partial charge < -0.3 is 5.32 Å². The number of aromatic nitrogens is 1. The Kier molecular flexibility index (Phi) is 4.66. The molecule has 100 valence electrons. The largest absolute Gasteiger partial charge is 0.313 e. The van der Waals surface area contributed by atoms with Crippen LogP contribution in [0.4, 0.5) is 4.39 Å². The molecular weight excluding hydrogens is 307 g/mol. The van der Waals surface area contributed by atoms with Crippen LogP contribution in [-0.4, -0.2) is 12.0 Å². The molecule has 4 heteroatoms. The number of likely N-dealkylation sites (N-methyl/N-ethyl adjacent to an activating group) is 1. The molecule has 0 radical (unpaired) electrons. The highest BCUT2D eigenvalue weighted by Crippen LogP contribution is 2.22. The Labute approximate surface area is 121 Å². The summed E-state index contributed by atoms with van der Waals surface area (Å²) in [7, 11) is 1.93. The molecule has 0 aliphatic heterocycles. The summed E-state index contributed by atoms with van der Waals surface area (Å²) in [6.07, 6.45) is 2.62. The Morgan fingerprint density at radius 1 is 1.32 bits per heavy atom. The quantitative estimate of drug-likeness (QED) is 0.926. The highest BCUT2D eigenvalue weighted by atomic mass is 79.9. The second-order valence-corrected chi connectivity index (χ2v) is 5.38. The molecular formula is C15H16BrFN2. The molecule has 0 saturated heterocycles. The van der Waals surface area contributed by atoms with Gasteiger partial charge >= 0.3 is 0 Å². The predicted octanol–water partition coefficient (Wildman–Crippen LogP) is 3.79. The zero-order chi connectivity index (χ0) is 13.8. The van der Waals surface area contributed by atoms with Crippen molar-refractivity contribution in [2.75, 3.05) is 7.05 Å². The van der Waals surface area contributed by atoms with Crippen LogP contribution in [0.15, 0.2) is 41.0 Å². The number of benzene rings is 1. The van der Waals surface area contributed by atoms with E-state index < -0.39 is 0 Å². The molecule has 0 aliphatic carbocycles. The van der Waals surface area contributed by atoms with Gasteiger partial charge in [0.25, 0.3) is 0 Å². The maximum absolute atomic E-state index is 13.2. The van der Waals surface area contributed by atoms with E-state index in [1.807, 2.05) is 38.4 Å². The summed E-state index contributed by atoms with van der Waals surface area (Å²) in [5.41, 5.74) is 3.27. The van der Waals surface area contributed by atoms with Crippen molar-refractivity contribution in [1.82, 2.24) is 10.3 Å². The molecule has 2 rings (SSSR count). The van der Waals surface area contributed by atoms with Crippen molar-refractivity contribution in [1.29, 1.82) is 0 Å². The number of pyridine rings is 1. The van der Waals surface area contributed by atoms with Crippen LogP contribution >= 0.6 is 15.9 Å². The fourth-order valence-electron chi connectivity index (χ4n) is 2.07. The van der Waals surface area contributed by atoms with Gasteiger partial charge in [-0.15, -0.1) is 0 Å². The van der Waals surface area contributed by atoms with E-state index in [-0.39, 0.29) is 11.9 Å². The molecule has 0 bridgehead atoms. The summed E-state index contributed by atoms with van der Waals surface area (Å²) < 4.78 is 13.7. The lowest BCUT2D eigenvalue weighted by Crippen LogP contribution is -2.19. The van der Waals surface area contributed by atoms with Crippen molar-refractivity contribution < 1.29 is 4.39 Å². The first-order valence-corrected chi connectivity index (χ1v) is 6.93. The van der Waals surface area contributed by atoms with E-state index in [1.54, 1.807) is 0 Å². The molecule has 2 aromatic rings. The van der Waals surface area contributed by atoms with Crippen molar-refractivity contribution >= 4 is 15.9 Å². The van der Waals surface area contributed by atoms with Crippen molar-refractivity contribution in [2.24, 2.45) is 0 Å². The van der Waals surface area contributed by atoms with Crippen molar-refractivity contribution in [3.8, 4) is 0 Å². The Bertz CT molecular complexity index is 572. The van der Waals surface area contributed by atoms with E-state index in [9.17, 15) is 4.39 Å². The molecule has 1 heterocycles. The summed E-state index contributed by atoms with van der Waals surface area (Å²) >= 11 is 3.22. The summed E-state index contributed by atoms with van der Waals surface area (Å²) in [6.45, 7) is 1.98. The minimum atomic E-state index is -0.232. The van der Waals surface area contributed by atoms with Crippen molar-refractivity contribution in [3.63, 3.8) is 0 Å². The van der Waals surface area contributed by atoms with Gasteiger partial charge in [0, 0.05) is 17.9 Å². The van der Waals surface area contributed by atoms with Gasteiger partial charge in [0.1, 0.15) is 5.82 Å². The Balaban J connectivity index is 2.21. The van der Waals surface area contributed by atoms with Crippen LogP contribution in [-0.2, 0) is 6.42 Å². The lowest BCUT2D eigenvalue weighted by atomic mass is 9.99. The average molecular weight is 323 g/mol. The first-order chi connectivity index (χ1) is 9.10. The topological polar surface area (TPSA) is 24.9 Å². The van der Waals surface area contributed by atoms with E-state index in [2.05, 4.69) is 32.3 Å². The number of halogens is 2. The summed E-state index contributed by atoms with van der Waals surface area (Å²) in [5.74, 6) is -0.232. The SMILES string of the molecule is CNC(Cc1ccc(F)c(Br)c1)c1ccnc(C)c1. The van der Waals surface area contributed by atoms with Gasteiger partial charge in [0.05, 0.1) is 4.47 Å². The minimum Gasteiger partial charge on any atom is -0.313 e. The number of hydrogen-bond acceptors (Lipinski definition) is 2. The van der Waals surface area contributed by atoms with E-state index in [4.69, 9.17) is 0 Å². The second kappa shape index (κ2) is 6.26. The molecule has 19 heavy (non-hydrogen) atoms. The van der Waals surface area contributed by atoms with Gasteiger partial charge in [-0.3, -0.25) is 4.98 Å². The maximum Gasteiger partial charge on any atom is 0.137 e. The van der Waals surface area contributed by atoms with Crippen molar-refractivity contribution in [3.05, 3.63) is 63.6 Å². The fraction of sp³-hybridized carbons (Fsp3) is 0.267. The normalized spacial score (nSPS) is 12.4. The molecule has 0 spiro atoms. The Morgan fingerprint density at radius 3 is 2.74 bits per heavy atom. The van der Waals surface area contributed by atoms with Gasteiger partial charge in [-0.1, -0.05) is 6.07 Å². The van der Waals surface area contributed by atoms with E-state index in [0.717, 1.165) is 17.7 Å². The maximum atomic E-state index is 13.2. The molecule has 1 N–H and O–H groups in total. The zero-order valence-corrected chi connectivity index (χ0v) is 12.5. The molecule has 0 amide bonds. The van der Waals surface area contributed by atoms with Crippen LogP contribution in [0, 0.1) is 12.7 Å². The number of rotatable bonds is 4. The Hall–Kier alpha value is -1.26. The molecule has 1 aromatic heterocycles. The number of hydrogen-bond donors (Lipinski definition) is 1. The minimum absolute atomic E-state index is 0.194. The molecule has 0 aliphatic rings. The van der Waals surface area contributed by atoms with Crippen LogP contribution in [0.1, 0.15) is 22.9 Å². The lowest BCUT2D eigenvalue weighted by Gasteiger charge is -2.17. The molecule has 2 nitrogen and oxygen atoms in total. The van der Waals surface area contributed by atoms with Crippen LogP contribution < -0.4 is 5.32 Å². The van der Waals surface area contributed by atoms with E-state index in [0.29, 0.717) is 4.47 Å². The lowest BCUT2D eigenvalue weighted by molar-refractivity contribution is 0.586. The zero-order valence-electron chi connectivity index (χ0n) is 11.0. The predicted molar refractivity (Wildman–Crippen MR) is 78.6 cm³/mol. The van der Waals surface area contributed by atoms with Gasteiger partial charge in [0.2, 0.25) is 0 Å². The summed E-state index contributed by atoms with van der Waals surface area (Å²) in [4.78, 5) is 4.20. The molecule has 0 fully saturated rings. The third-order valence-electron chi connectivity index (χ3n) is 3.10. The fourth-order valence-corrected chi connectivity index (χ4v) is 2.50. The first-order valence-electron chi connectivity index (χ1n) is 6.14. The number of aryl methyl sites for hydroxylation is 1. The molecule has 1 atom stereocenters. The standard InChI is InChI=1S/C15H16BrFN2/c1-10-7-12(5-6-19-10)15(18-2)9-11-3-4-14(17)13(16)8-11/h3-8,15,18H,9H2,1-2H3. The smallest absolute Gasteiger partial charge is 0.137 e. The second-order valence-electron chi connectivity index (χ2n) is 4.52. The van der Waals surface area contributed by atoms with Gasteiger partial charge in [-0.2, -0.15) is 0 Å². The van der Waals surface area contributed by atoms with Gasteiger partial charge in [-0.25, -0.2) is 4.39 Å². The van der Waals surface area contributed by atoms with Crippen LogP contribution in [0.25, 0.3) is 0 Å². The molecule has 1 unspecified atom stereocenters. The van der Waals surface area contributed by atoms with Crippen LogP contribution in [0.3, 0.4) is 0 Å². The van der Waals surface area contributed by atoms with Crippen LogP contribution in [0.5, 0.6) is 0 Å². The summed E-state index contributed by atoms with van der Waals surface area (Å²) in [5, 5.41) is 3.29. The van der Waals surface area contributed by atoms with Crippen molar-refractivity contribution in [2.45, 2.75) is 19.4 Å². The Morgan fingerprint density at radius 2 is 2.11 bits per heavy atom. The first kappa shape index (κ1) is 14.2. The number of nitrogens with zero attached hydrogens (tertiary/aromatic N) is 1. The monoisotopic (exact) mass is 322 g/mol.